The second kappa shape index (κ2) is 3.29. The molecule has 2 nitrogen and oxygen atoms in total. The average Bonchev–Trinajstić information content (AvgIpc) is 2.17. The Labute approximate surface area is 79.1 Å². The van der Waals surface area contributed by atoms with Crippen molar-refractivity contribution in [3.63, 3.8) is 0 Å². The maximum atomic E-state index is 5.89. The van der Waals surface area contributed by atoms with E-state index in [0.717, 1.165) is 11.4 Å². The third-order valence-electron chi connectivity index (χ3n) is 2.78. The second-order valence-corrected chi connectivity index (χ2v) is 3.67. The maximum absolute atomic E-state index is 5.89. The zero-order chi connectivity index (χ0) is 9.26. The molecule has 0 radical (unpaired) electrons. The van der Waals surface area contributed by atoms with Gasteiger partial charge < -0.3 is 11.1 Å². The summed E-state index contributed by atoms with van der Waals surface area (Å²) >= 11 is 0. The van der Waals surface area contributed by atoms with Gasteiger partial charge in [0, 0.05) is 7.05 Å². The quantitative estimate of drug-likeness (QED) is 0.644. The third kappa shape index (κ3) is 1.48. The number of fused-ring (bicyclic) bond motifs is 1. The van der Waals surface area contributed by atoms with Crippen molar-refractivity contribution < 1.29 is 0 Å². The lowest BCUT2D eigenvalue weighted by molar-refractivity contribution is 0.686. The summed E-state index contributed by atoms with van der Waals surface area (Å²) in [5, 5.41) is 3.12. The van der Waals surface area contributed by atoms with Crippen LogP contribution in [0.25, 0.3) is 0 Å². The van der Waals surface area contributed by atoms with E-state index >= 15 is 0 Å². The van der Waals surface area contributed by atoms with Gasteiger partial charge in [0.25, 0.3) is 0 Å². The standard InChI is InChI=1S/C11H16N2/c1-13-11-7-9-5-3-2-4-8(9)6-10(11)12/h6-7,13H,2-5,12H2,1H3. The Morgan fingerprint density at radius 3 is 2.38 bits per heavy atom. The Bertz CT molecular complexity index is 318. The van der Waals surface area contributed by atoms with Crippen LogP contribution in [0.15, 0.2) is 12.1 Å². The molecule has 0 heterocycles. The molecule has 0 bridgehead atoms. The van der Waals surface area contributed by atoms with Crippen molar-refractivity contribution in [3.8, 4) is 0 Å². The SMILES string of the molecule is CNc1cc2c(cc1N)CCCC2. The van der Waals surface area contributed by atoms with Crippen LogP contribution in [-0.2, 0) is 12.8 Å². The van der Waals surface area contributed by atoms with Crippen molar-refractivity contribution in [2.45, 2.75) is 25.7 Å². The van der Waals surface area contributed by atoms with E-state index in [-0.39, 0.29) is 0 Å². The van der Waals surface area contributed by atoms with Gasteiger partial charge in [-0.25, -0.2) is 0 Å². The van der Waals surface area contributed by atoms with Crippen molar-refractivity contribution >= 4 is 11.4 Å². The number of nitrogens with one attached hydrogen (secondary N) is 1. The molecule has 0 saturated heterocycles. The van der Waals surface area contributed by atoms with Crippen LogP contribution in [0.2, 0.25) is 0 Å². The summed E-state index contributed by atoms with van der Waals surface area (Å²) in [6, 6.07) is 4.32. The van der Waals surface area contributed by atoms with Crippen LogP contribution in [0.1, 0.15) is 24.0 Å². The first-order chi connectivity index (χ1) is 6.31. The predicted molar refractivity (Wildman–Crippen MR) is 57.0 cm³/mol. The molecule has 0 saturated carbocycles. The summed E-state index contributed by atoms with van der Waals surface area (Å²) in [4.78, 5) is 0. The summed E-state index contributed by atoms with van der Waals surface area (Å²) < 4.78 is 0. The molecule has 0 aliphatic heterocycles. The molecule has 0 aromatic heterocycles. The van der Waals surface area contributed by atoms with Gasteiger partial charge in [0.2, 0.25) is 0 Å². The Morgan fingerprint density at radius 1 is 1.15 bits per heavy atom. The highest BCUT2D eigenvalue weighted by atomic mass is 14.8. The number of nitrogens with two attached hydrogens (primary N) is 1. The molecule has 0 unspecified atom stereocenters. The highest BCUT2D eigenvalue weighted by Crippen LogP contribution is 2.28. The van der Waals surface area contributed by atoms with Gasteiger partial charge in [-0.15, -0.1) is 0 Å². The summed E-state index contributed by atoms with van der Waals surface area (Å²) in [6.45, 7) is 0. The molecular weight excluding hydrogens is 160 g/mol. The number of nitrogen functional groups attached to an aromatic ring is 1. The summed E-state index contributed by atoms with van der Waals surface area (Å²) in [7, 11) is 1.92. The lowest BCUT2D eigenvalue weighted by atomic mass is 9.91. The molecule has 1 aromatic carbocycles. The van der Waals surface area contributed by atoms with Crippen LogP contribution in [0.3, 0.4) is 0 Å². The maximum Gasteiger partial charge on any atom is 0.0574 e. The fourth-order valence-corrected chi connectivity index (χ4v) is 2.02. The Kier molecular flexibility index (Phi) is 2.13. The van der Waals surface area contributed by atoms with Gasteiger partial charge in [0.1, 0.15) is 0 Å². The molecule has 0 fully saturated rings. The first-order valence-electron chi connectivity index (χ1n) is 4.90. The lowest BCUT2D eigenvalue weighted by Crippen LogP contribution is -2.05. The van der Waals surface area contributed by atoms with Crippen molar-refractivity contribution in [2.75, 3.05) is 18.1 Å². The van der Waals surface area contributed by atoms with Gasteiger partial charge in [0.15, 0.2) is 0 Å². The molecule has 1 aliphatic rings. The van der Waals surface area contributed by atoms with Gasteiger partial charge in [-0.05, 0) is 48.9 Å². The van der Waals surface area contributed by atoms with E-state index in [9.17, 15) is 0 Å². The summed E-state index contributed by atoms with van der Waals surface area (Å²) in [6.07, 6.45) is 5.04. The Morgan fingerprint density at radius 2 is 1.77 bits per heavy atom. The number of hydrogen-bond donors (Lipinski definition) is 2. The highest BCUT2D eigenvalue weighted by Gasteiger charge is 2.11. The van der Waals surface area contributed by atoms with Crippen molar-refractivity contribution in [1.82, 2.24) is 0 Å². The van der Waals surface area contributed by atoms with Gasteiger partial charge in [-0.3, -0.25) is 0 Å². The largest absolute Gasteiger partial charge is 0.397 e. The Balaban J connectivity index is 2.44. The van der Waals surface area contributed by atoms with E-state index in [1.807, 2.05) is 7.05 Å². The van der Waals surface area contributed by atoms with E-state index in [2.05, 4.69) is 17.4 Å². The molecule has 0 atom stereocenters. The van der Waals surface area contributed by atoms with E-state index in [1.165, 1.54) is 36.8 Å². The zero-order valence-corrected chi connectivity index (χ0v) is 8.06. The minimum atomic E-state index is 0.878. The van der Waals surface area contributed by atoms with Crippen LogP contribution in [0.5, 0.6) is 0 Å². The number of benzene rings is 1. The minimum absolute atomic E-state index is 0.878. The monoisotopic (exact) mass is 176 g/mol. The van der Waals surface area contributed by atoms with Crippen LogP contribution in [0, 0.1) is 0 Å². The van der Waals surface area contributed by atoms with Gasteiger partial charge in [-0.1, -0.05) is 0 Å². The molecule has 2 rings (SSSR count). The topological polar surface area (TPSA) is 38.0 Å². The number of hydrogen-bond acceptors (Lipinski definition) is 2. The van der Waals surface area contributed by atoms with E-state index in [1.54, 1.807) is 0 Å². The fraction of sp³-hybridized carbons (Fsp3) is 0.455. The number of anilines is 2. The zero-order valence-electron chi connectivity index (χ0n) is 8.06. The molecule has 1 aliphatic carbocycles. The second-order valence-electron chi connectivity index (χ2n) is 3.67. The van der Waals surface area contributed by atoms with E-state index < -0.39 is 0 Å². The van der Waals surface area contributed by atoms with Crippen LogP contribution in [0.4, 0.5) is 11.4 Å². The molecule has 0 amide bonds. The summed E-state index contributed by atoms with van der Waals surface area (Å²) in [5.41, 5.74) is 10.8. The molecule has 3 N–H and O–H groups in total. The predicted octanol–water partition coefficient (Wildman–Crippen LogP) is 2.19. The van der Waals surface area contributed by atoms with E-state index in [0.29, 0.717) is 0 Å². The number of rotatable bonds is 1. The molecule has 70 valence electrons. The van der Waals surface area contributed by atoms with E-state index in [4.69, 9.17) is 5.73 Å². The first-order valence-corrected chi connectivity index (χ1v) is 4.90. The molecule has 1 aromatic rings. The molecule has 13 heavy (non-hydrogen) atoms. The highest BCUT2D eigenvalue weighted by molar-refractivity contribution is 5.68. The molecule has 0 spiro atoms. The smallest absolute Gasteiger partial charge is 0.0574 e. The van der Waals surface area contributed by atoms with Crippen LogP contribution >= 0.6 is 0 Å². The Hall–Kier alpha value is -1.18. The molecular formula is C11H16N2. The van der Waals surface area contributed by atoms with Gasteiger partial charge in [0.05, 0.1) is 11.4 Å². The van der Waals surface area contributed by atoms with Crippen molar-refractivity contribution in [1.29, 1.82) is 0 Å². The third-order valence-corrected chi connectivity index (χ3v) is 2.78. The van der Waals surface area contributed by atoms with Crippen LogP contribution < -0.4 is 11.1 Å². The minimum Gasteiger partial charge on any atom is -0.397 e. The van der Waals surface area contributed by atoms with Crippen molar-refractivity contribution in [2.24, 2.45) is 0 Å². The number of aryl methyl sites for hydroxylation is 2. The van der Waals surface area contributed by atoms with Gasteiger partial charge >= 0.3 is 0 Å². The normalized spacial score (nSPS) is 15.2. The lowest BCUT2D eigenvalue weighted by Gasteiger charge is -2.18. The van der Waals surface area contributed by atoms with Crippen LogP contribution in [-0.4, -0.2) is 7.05 Å². The molecule has 2 heteroatoms. The van der Waals surface area contributed by atoms with Gasteiger partial charge in [-0.2, -0.15) is 0 Å². The fourth-order valence-electron chi connectivity index (χ4n) is 2.02. The average molecular weight is 176 g/mol. The van der Waals surface area contributed by atoms with Crippen molar-refractivity contribution in [3.05, 3.63) is 23.3 Å². The first kappa shape index (κ1) is 8.42. The summed E-state index contributed by atoms with van der Waals surface area (Å²) in [5.74, 6) is 0.